The molecule has 194 valence electrons. The van der Waals surface area contributed by atoms with Gasteiger partial charge in [0.25, 0.3) is 0 Å². The third-order valence-electron chi connectivity index (χ3n) is 6.16. The molecule has 0 saturated carbocycles. The Kier molecular flexibility index (Phi) is 9.41. The molecule has 38 heavy (non-hydrogen) atoms. The normalized spacial score (nSPS) is 11.4. The second kappa shape index (κ2) is 13.1. The van der Waals surface area contributed by atoms with Crippen LogP contribution in [0.3, 0.4) is 0 Å². The predicted molar refractivity (Wildman–Crippen MR) is 151 cm³/mol. The second-order valence-corrected chi connectivity index (χ2v) is 9.70. The van der Waals surface area contributed by atoms with Crippen molar-refractivity contribution in [3.05, 3.63) is 135 Å². The summed E-state index contributed by atoms with van der Waals surface area (Å²) >= 11 is 12.0. The molecule has 4 aromatic rings. The number of carbonyl (C=O) groups excluding carboxylic acids is 2. The van der Waals surface area contributed by atoms with Crippen molar-refractivity contribution >= 4 is 35.0 Å². The van der Waals surface area contributed by atoms with Crippen molar-refractivity contribution in [2.24, 2.45) is 0 Å². The SMILES string of the molecule is COc1ccc(CN(C(=O)Cc2ccc(Cl)cc2)C(C(=O)NCc2ccc(Cl)cc2)c2ccccc2)cc1. The molecule has 0 bridgehead atoms. The Hall–Kier alpha value is -3.80. The molecule has 1 N–H and O–H groups in total. The summed E-state index contributed by atoms with van der Waals surface area (Å²) in [6, 6.07) is 30.4. The fraction of sp³-hybridized carbons (Fsp3) is 0.161. The molecule has 1 atom stereocenters. The summed E-state index contributed by atoms with van der Waals surface area (Å²) in [5, 5.41) is 4.24. The smallest absolute Gasteiger partial charge is 0.247 e. The van der Waals surface area contributed by atoms with E-state index in [-0.39, 0.29) is 24.8 Å². The van der Waals surface area contributed by atoms with Crippen LogP contribution in [0, 0.1) is 0 Å². The second-order valence-electron chi connectivity index (χ2n) is 8.83. The number of methoxy groups -OCH3 is 1. The van der Waals surface area contributed by atoms with Gasteiger partial charge in [-0.2, -0.15) is 0 Å². The third kappa shape index (κ3) is 7.37. The summed E-state index contributed by atoms with van der Waals surface area (Å²) < 4.78 is 5.28. The van der Waals surface area contributed by atoms with E-state index >= 15 is 0 Å². The number of amides is 2. The molecular weight excluding hydrogens is 519 g/mol. The average Bonchev–Trinajstić information content (AvgIpc) is 2.94. The molecule has 0 aromatic heterocycles. The molecular formula is C31H28Cl2N2O3. The highest BCUT2D eigenvalue weighted by Crippen LogP contribution is 2.26. The summed E-state index contributed by atoms with van der Waals surface area (Å²) in [4.78, 5) is 29.2. The van der Waals surface area contributed by atoms with Gasteiger partial charge >= 0.3 is 0 Å². The lowest BCUT2D eigenvalue weighted by Gasteiger charge is -2.32. The van der Waals surface area contributed by atoms with Crippen molar-refractivity contribution in [1.82, 2.24) is 10.2 Å². The lowest BCUT2D eigenvalue weighted by Crippen LogP contribution is -2.43. The standard InChI is InChI=1S/C31H28Cl2N2O3/c1-38-28-17-11-24(12-18-28)21-35(29(36)19-22-7-13-26(32)14-8-22)30(25-5-3-2-4-6-25)31(37)34-20-23-9-15-27(33)16-10-23/h2-18,30H,19-21H2,1H3,(H,34,37). The van der Waals surface area contributed by atoms with E-state index in [1.807, 2.05) is 78.9 Å². The van der Waals surface area contributed by atoms with Gasteiger partial charge in [-0.1, -0.05) is 89.9 Å². The quantitative estimate of drug-likeness (QED) is 0.243. The molecule has 1 unspecified atom stereocenters. The van der Waals surface area contributed by atoms with Crippen LogP contribution in [0.2, 0.25) is 10.0 Å². The predicted octanol–water partition coefficient (Wildman–Crippen LogP) is 6.63. The van der Waals surface area contributed by atoms with E-state index in [0.29, 0.717) is 22.3 Å². The summed E-state index contributed by atoms with van der Waals surface area (Å²) in [6.07, 6.45) is 0.126. The number of carbonyl (C=O) groups is 2. The molecule has 0 heterocycles. The number of hydrogen-bond acceptors (Lipinski definition) is 3. The van der Waals surface area contributed by atoms with Crippen LogP contribution >= 0.6 is 23.2 Å². The van der Waals surface area contributed by atoms with Crippen LogP contribution in [-0.2, 0) is 29.1 Å². The van der Waals surface area contributed by atoms with E-state index in [0.717, 1.165) is 22.3 Å². The van der Waals surface area contributed by atoms with E-state index in [2.05, 4.69) is 5.32 Å². The van der Waals surface area contributed by atoms with Crippen LogP contribution in [-0.4, -0.2) is 23.8 Å². The zero-order valence-electron chi connectivity index (χ0n) is 20.9. The summed E-state index contributed by atoms with van der Waals surface area (Å²) in [5.74, 6) is 0.260. The Morgan fingerprint density at radius 3 is 1.89 bits per heavy atom. The minimum absolute atomic E-state index is 0.126. The van der Waals surface area contributed by atoms with Crippen LogP contribution < -0.4 is 10.1 Å². The van der Waals surface area contributed by atoms with E-state index in [4.69, 9.17) is 27.9 Å². The number of rotatable bonds is 10. The molecule has 4 rings (SSSR count). The van der Waals surface area contributed by atoms with Gasteiger partial charge in [0.05, 0.1) is 13.5 Å². The highest BCUT2D eigenvalue weighted by atomic mass is 35.5. The Labute approximate surface area is 233 Å². The van der Waals surface area contributed by atoms with E-state index < -0.39 is 6.04 Å². The maximum absolute atomic E-state index is 13.8. The number of benzene rings is 4. The topological polar surface area (TPSA) is 58.6 Å². The van der Waals surface area contributed by atoms with Crippen LogP contribution in [0.4, 0.5) is 0 Å². The summed E-state index contributed by atoms with van der Waals surface area (Å²) in [5.41, 5.74) is 3.32. The Bertz CT molecular complexity index is 1340. The fourth-order valence-electron chi connectivity index (χ4n) is 4.13. The van der Waals surface area contributed by atoms with E-state index in [9.17, 15) is 9.59 Å². The molecule has 0 radical (unpaired) electrons. The Morgan fingerprint density at radius 2 is 1.32 bits per heavy atom. The molecule has 2 amide bonds. The van der Waals surface area contributed by atoms with Gasteiger partial charge in [-0.05, 0) is 58.7 Å². The third-order valence-corrected chi connectivity index (χ3v) is 6.66. The average molecular weight is 547 g/mol. The van der Waals surface area contributed by atoms with Crippen molar-refractivity contribution in [3.63, 3.8) is 0 Å². The molecule has 7 heteroatoms. The minimum Gasteiger partial charge on any atom is -0.497 e. The number of nitrogens with zero attached hydrogens (tertiary/aromatic N) is 1. The first-order chi connectivity index (χ1) is 18.4. The van der Waals surface area contributed by atoms with Gasteiger partial charge in [-0.25, -0.2) is 0 Å². The van der Waals surface area contributed by atoms with Crippen LogP contribution in [0.15, 0.2) is 103 Å². The van der Waals surface area contributed by atoms with E-state index in [1.54, 1.807) is 36.3 Å². The summed E-state index contributed by atoms with van der Waals surface area (Å²) in [6.45, 7) is 0.547. The highest BCUT2D eigenvalue weighted by molar-refractivity contribution is 6.30. The van der Waals surface area contributed by atoms with Gasteiger partial charge < -0.3 is 15.0 Å². The first-order valence-electron chi connectivity index (χ1n) is 12.2. The summed E-state index contributed by atoms with van der Waals surface area (Å²) in [7, 11) is 1.60. The van der Waals surface area contributed by atoms with Crippen molar-refractivity contribution in [2.45, 2.75) is 25.6 Å². The molecule has 5 nitrogen and oxygen atoms in total. The fourth-order valence-corrected chi connectivity index (χ4v) is 4.38. The van der Waals surface area contributed by atoms with Gasteiger partial charge in [0.1, 0.15) is 11.8 Å². The van der Waals surface area contributed by atoms with Crippen molar-refractivity contribution in [3.8, 4) is 5.75 Å². The number of hydrogen-bond donors (Lipinski definition) is 1. The van der Waals surface area contributed by atoms with Gasteiger partial charge in [0, 0.05) is 23.1 Å². The zero-order chi connectivity index (χ0) is 26.9. The first-order valence-corrected chi connectivity index (χ1v) is 12.9. The largest absolute Gasteiger partial charge is 0.497 e. The van der Waals surface area contributed by atoms with Crippen molar-refractivity contribution in [1.29, 1.82) is 0 Å². The van der Waals surface area contributed by atoms with Gasteiger partial charge in [0.2, 0.25) is 11.8 Å². The maximum atomic E-state index is 13.8. The monoisotopic (exact) mass is 546 g/mol. The van der Waals surface area contributed by atoms with E-state index in [1.165, 1.54) is 0 Å². The molecule has 4 aromatic carbocycles. The van der Waals surface area contributed by atoms with Crippen molar-refractivity contribution < 1.29 is 14.3 Å². The highest BCUT2D eigenvalue weighted by Gasteiger charge is 2.31. The van der Waals surface area contributed by atoms with Gasteiger partial charge in [0.15, 0.2) is 0 Å². The lowest BCUT2D eigenvalue weighted by atomic mass is 10.0. The number of ether oxygens (including phenoxy) is 1. The van der Waals surface area contributed by atoms with Gasteiger partial charge in [-0.15, -0.1) is 0 Å². The molecule has 0 aliphatic rings. The minimum atomic E-state index is -0.842. The van der Waals surface area contributed by atoms with Gasteiger partial charge in [-0.3, -0.25) is 9.59 Å². The lowest BCUT2D eigenvalue weighted by molar-refractivity contribution is -0.141. The molecule has 0 saturated heterocycles. The Balaban J connectivity index is 1.66. The van der Waals surface area contributed by atoms with Crippen molar-refractivity contribution in [2.75, 3.05) is 7.11 Å². The molecule has 0 spiro atoms. The Morgan fingerprint density at radius 1 is 0.763 bits per heavy atom. The first kappa shape index (κ1) is 27.2. The maximum Gasteiger partial charge on any atom is 0.247 e. The molecule has 0 aliphatic heterocycles. The number of halogens is 2. The van der Waals surface area contributed by atoms with Crippen LogP contribution in [0.1, 0.15) is 28.3 Å². The molecule has 0 aliphatic carbocycles. The van der Waals surface area contributed by atoms with Crippen LogP contribution in [0.25, 0.3) is 0 Å². The zero-order valence-corrected chi connectivity index (χ0v) is 22.5. The molecule has 0 fully saturated rings. The van der Waals surface area contributed by atoms with Crippen LogP contribution in [0.5, 0.6) is 5.75 Å². The number of nitrogens with one attached hydrogen (secondary N) is 1.